The highest BCUT2D eigenvalue weighted by atomic mass is 16.4. The van der Waals surface area contributed by atoms with Crippen molar-refractivity contribution in [1.82, 2.24) is 5.32 Å². The van der Waals surface area contributed by atoms with E-state index < -0.39 is 5.97 Å². The van der Waals surface area contributed by atoms with E-state index in [0.717, 1.165) is 12.8 Å². The molecule has 19 heavy (non-hydrogen) atoms. The van der Waals surface area contributed by atoms with Gasteiger partial charge in [0, 0.05) is 11.8 Å². The fourth-order valence-electron chi connectivity index (χ4n) is 1.52. The summed E-state index contributed by atoms with van der Waals surface area (Å²) in [4.78, 5) is 21.8. The molecule has 0 aliphatic carbocycles. The third-order valence-corrected chi connectivity index (χ3v) is 2.76. The van der Waals surface area contributed by atoms with Gasteiger partial charge in [0.2, 0.25) is 5.91 Å². The van der Waals surface area contributed by atoms with Crippen molar-refractivity contribution in [1.29, 1.82) is 0 Å². The Hall–Kier alpha value is -1.58. The first kappa shape index (κ1) is 17.4. The number of hydrogen-bond donors (Lipinski definition) is 2. The van der Waals surface area contributed by atoms with Crippen molar-refractivity contribution in [3.63, 3.8) is 0 Å². The molecule has 108 valence electrons. The molecule has 0 aromatic carbocycles. The number of rotatable bonds is 10. The fraction of sp³-hybridized carbons (Fsp3) is 0.600. The zero-order valence-electron chi connectivity index (χ0n) is 11.9. The van der Waals surface area contributed by atoms with Crippen molar-refractivity contribution >= 4 is 11.9 Å². The molecule has 0 aromatic rings. The van der Waals surface area contributed by atoms with Crippen LogP contribution in [0, 0.1) is 0 Å². The Morgan fingerprint density at radius 1 is 1.11 bits per heavy atom. The Bertz CT molecular complexity index is 332. The molecule has 4 nitrogen and oxygen atoms in total. The highest BCUT2D eigenvalue weighted by molar-refractivity contribution is 5.90. The van der Waals surface area contributed by atoms with Gasteiger partial charge < -0.3 is 10.4 Å². The molecule has 0 heterocycles. The number of carboxylic acid groups (broad SMARTS) is 1. The normalized spacial score (nSPS) is 11.8. The summed E-state index contributed by atoms with van der Waals surface area (Å²) in [6.45, 7) is 3.63. The van der Waals surface area contributed by atoms with E-state index in [1.807, 2.05) is 6.08 Å². The van der Waals surface area contributed by atoms with Crippen molar-refractivity contribution in [3.05, 3.63) is 23.9 Å². The van der Waals surface area contributed by atoms with E-state index in [4.69, 9.17) is 5.11 Å². The topological polar surface area (TPSA) is 66.4 Å². The first-order chi connectivity index (χ1) is 9.07. The lowest BCUT2D eigenvalue weighted by atomic mass is 10.1. The lowest BCUT2D eigenvalue weighted by Gasteiger charge is -1.98. The maximum Gasteiger partial charge on any atom is 0.332 e. The van der Waals surface area contributed by atoms with E-state index >= 15 is 0 Å². The zero-order chi connectivity index (χ0) is 14.5. The van der Waals surface area contributed by atoms with Crippen LogP contribution in [0.5, 0.6) is 0 Å². The molecule has 0 spiro atoms. The Labute approximate surface area is 115 Å². The summed E-state index contributed by atoms with van der Waals surface area (Å²) in [6.07, 6.45) is 12.8. The van der Waals surface area contributed by atoms with Gasteiger partial charge in [0.15, 0.2) is 0 Å². The molecule has 0 unspecified atom stereocenters. The minimum atomic E-state index is -1.03. The number of nitrogens with one attached hydrogen (secondary N) is 1. The average Bonchev–Trinajstić information content (AvgIpc) is 2.38. The molecule has 0 rings (SSSR count). The second-order valence-corrected chi connectivity index (χ2v) is 4.60. The molecule has 0 saturated heterocycles. The summed E-state index contributed by atoms with van der Waals surface area (Å²) in [7, 11) is 0. The van der Waals surface area contributed by atoms with E-state index in [0.29, 0.717) is 0 Å². The standard InChI is InChI=1S/C15H25NO3/c1-3-4-5-6-7-8-9-10-11-14(17)16-12-13(2)15(18)19/h10-12H,3-9H2,1-2H3,(H,16,17)(H,18,19). The van der Waals surface area contributed by atoms with Gasteiger partial charge in [0.25, 0.3) is 0 Å². The van der Waals surface area contributed by atoms with Crippen LogP contribution in [0.2, 0.25) is 0 Å². The minimum Gasteiger partial charge on any atom is -0.478 e. The molecule has 0 aliphatic rings. The molecule has 0 aromatic heterocycles. The number of amides is 1. The van der Waals surface area contributed by atoms with Crippen LogP contribution in [0.15, 0.2) is 23.9 Å². The van der Waals surface area contributed by atoms with Gasteiger partial charge in [-0.1, -0.05) is 45.1 Å². The molecule has 0 radical (unpaired) electrons. The molecule has 0 bridgehead atoms. The summed E-state index contributed by atoms with van der Waals surface area (Å²) in [5.74, 6) is -1.32. The second-order valence-electron chi connectivity index (χ2n) is 4.60. The maximum atomic E-state index is 11.3. The van der Waals surface area contributed by atoms with Gasteiger partial charge in [-0.05, 0) is 25.8 Å². The third kappa shape index (κ3) is 11.3. The van der Waals surface area contributed by atoms with Gasteiger partial charge in [0.05, 0.1) is 0 Å². The van der Waals surface area contributed by atoms with Gasteiger partial charge in [-0.25, -0.2) is 4.79 Å². The SMILES string of the molecule is CCCCCCCCC=CC(=O)NC=C(C)C(=O)O. The first-order valence-corrected chi connectivity index (χ1v) is 6.95. The first-order valence-electron chi connectivity index (χ1n) is 6.95. The Kier molecular flexibility index (Phi) is 10.6. The maximum absolute atomic E-state index is 11.3. The monoisotopic (exact) mass is 267 g/mol. The van der Waals surface area contributed by atoms with Gasteiger partial charge in [-0.2, -0.15) is 0 Å². The number of carbonyl (C=O) groups excluding carboxylic acids is 1. The van der Waals surface area contributed by atoms with E-state index in [-0.39, 0.29) is 11.5 Å². The van der Waals surface area contributed by atoms with E-state index in [1.54, 1.807) is 0 Å². The minimum absolute atomic E-state index is 0.109. The van der Waals surface area contributed by atoms with Crippen molar-refractivity contribution in [3.8, 4) is 0 Å². The lowest BCUT2D eigenvalue weighted by Crippen LogP contribution is -2.15. The molecule has 0 aliphatic heterocycles. The van der Waals surface area contributed by atoms with Crippen LogP contribution in [-0.4, -0.2) is 17.0 Å². The summed E-state index contributed by atoms with van der Waals surface area (Å²) in [5, 5.41) is 11.0. The second kappa shape index (κ2) is 11.5. The van der Waals surface area contributed by atoms with Gasteiger partial charge in [-0.15, -0.1) is 0 Å². The van der Waals surface area contributed by atoms with Crippen LogP contribution in [0.1, 0.15) is 58.8 Å². The highest BCUT2D eigenvalue weighted by Crippen LogP contribution is 2.06. The van der Waals surface area contributed by atoms with Crippen LogP contribution in [0.3, 0.4) is 0 Å². The number of carboxylic acids is 1. The summed E-state index contributed by atoms with van der Waals surface area (Å²) in [6, 6.07) is 0. The van der Waals surface area contributed by atoms with Crippen molar-refractivity contribution < 1.29 is 14.7 Å². The van der Waals surface area contributed by atoms with E-state index in [1.165, 1.54) is 51.3 Å². The third-order valence-electron chi connectivity index (χ3n) is 2.76. The molecular weight excluding hydrogens is 242 g/mol. The van der Waals surface area contributed by atoms with E-state index in [2.05, 4.69) is 12.2 Å². The van der Waals surface area contributed by atoms with Crippen molar-refractivity contribution in [2.24, 2.45) is 0 Å². The molecule has 1 amide bonds. The number of carbonyl (C=O) groups is 2. The Morgan fingerprint density at radius 3 is 2.37 bits per heavy atom. The molecule has 4 heteroatoms. The van der Waals surface area contributed by atoms with Crippen molar-refractivity contribution in [2.45, 2.75) is 58.8 Å². The van der Waals surface area contributed by atoms with E-state index in [9.17, 15) is 9.59 Å². The number of allylic oxidation sites excluding steroid dienone is 1. The lowest BCUT2D eigenvalue weighted by molar-refractivity contribution is -0.132. The molecule has 0 saturated carbocycles. The highest BCUT2D eigenvalue weighted by Gasteiger charge is 1.99. The van der Waals surface area contributed by atoms with Crippen LogP contribution < -0.4 is 5.32 Å². The van der Waals surface area contributed by atoms with Crippen LogP contribution in [0.25, 0.3) is 0 Å². The summed E-state index contributed by atoms with van der Waals surface area (Å²) >= 11 is 0. The van der Waals surface area contributed by atoms with Gasteiger partial charge in [-0.3, -0.25) is 4.79 Å². The smallest absolute Gasteiger partial charge is 0.332 e. The molecule has 0 atom stereocenters. The summed E-state index contributed by atoms with van der Waals surface area (Å²) in [5.41, 5.74) is 0.109. The van der Waals surface area contributed by atoms with Crippen LogP contribution >= 0.6 is 0 Å². The van der Waals surface area contributed by atoms with Crippen LogP contribution in [-0.2, 0) is 9.59 Å². The van der Waals surface area contributed by atoms with Crippen LogP contribution in [0.4, 0.5) is 0 Å². The van der Waals surface area contributed by atoms with Gasteiger partial charge >= 0.3 is 5.97 Å². The Morgan fingerprint density at radius 2 is 1.74 bits per heavy atom. The zero-order valence-corrected chi connectivity index (χ0v) is 11.9. The largest absolute Gasteiger partial charge is 0.478 e. The fourth-order valence-corrected chi connectivity index (χ4v) is 1.52. The quantitative estimate of drug-likeness (QED) is 0.471. The number of hydrogen-bond acceptors (Lipinski definition) is 2. The number of aliphatic carboxylic acids is 1. The number of unbranched alkanes of at least 4 members (excludes halogenated alkanes) is 6. The predicted molar refractivity (Wildman–Crippen MR) is 76.7 cm³/mol. The predicted octanol–water partition coefficient (Wildman–Crippen LogP) is 3.40. The Balaban J connectivity index is 3.63. The molecule has 2 N–H and O–H groups in total. The molecule has 0 fully saturated rings. The summed E-state index contributed by atoms with van der Waals surface area (Å²) < 4.78 is 0. The molecular formula is C15H25NO3. The van der Waals surface area contributed by atoms with Crippen molar-refractivity contribution in [2.75, 3.05) is 0 Å². The van der Waals surface area contributed by atoms with Gasteiger partial charge in [0.1, 0.15) is 0 Å². The average molecular weight is 267 g/mol.